The first-order valence-corrected chi connectivity index (χ1v) is 5.61. The first kappa shape index (κ1) is 11.0. The van der Waals surface area contributed by atoms with Crippen molar-refractivity contribution in [3.8, 4) is 5.75 Å². The summed E-state index contributed by atoms with van der Waals surface area (Å²) in [6.07, 6.45) is 2.27. The molecule has 1 aliphatic rings. The predicted molar refractivity (Wildman–Crippen MR) is 62.2 cm³/mol. The zero-order chi connectivity index (χ0) is 11.5. The van der Waals surface area contributed by atoms with Gasteiger partial charge in [0.1, 0.15) is 5.75 Å². The van der Waals surface area contributed by atoms with E-state index in [0.717, 1.165) is 24.2 Å². The average molecular weight is 219 g/mol. The quantitative estimate of drug-likeness (QED) is 0.777. The lowest BCUT2D eigenvalue weighted by Crippen LogP contribution is -2.30. The van der Waals surface area contributed by atoms with E-state index in [1.807, 2.05) is 29.2 Å². The number of amides is 1. The molecule has 3 nitrogen and oxygen atoms in total. The number of carbonyl (C=O) groups is 1. The van der Waals surface area contributed by atoms with Crippen molar-refractivity contribution in [3.63, 3.8) is 0 Å². The zero-order valence-electron chi connectivity index (χ0n) is 9.77. The van der Waals surface area contributed by atoms with Crippen molar-refractivity contribution in [2.75, 3.05) is 7.11 Å². The van der Waals surface area contributed by atoms with Gasteiger partial charge in [0, 0.05) is 25.1 Å². The molecule has 0 N–H and O–H groups in total. The van der Waals surface area contributed by atoms with Gasteiger partial charge in [0.25, 0.3) is 0 Å². The Morgan fingerprint density at radius 1 is 1.44 bits per heavy atom. The molecule has 0 aliphatic heterocycles. The Bertz CT molecular complexity index is 385. The standard InChI is InChI=1S/C13H17NO2/c1-10(15)14(12-7-8-12)9-11-5-3-4-6-13(11)16-2/h3-6,12H,7-9H2,1-2H3. The van der Waals surface area contributed by atoms with Gasteiger partial charge in [-0.05, 0) is 18.9 Å². The molecule has 2 rings (SSSR count). The Balaban J connectivity index is 2.14. The van der Waals surface area contributed by atoms with Crippen LogP contribution in [-0.2, 0) is 11.3 Å². The van der Waals surface area contributed by atoms with E-state index in [9.17, 15) is 4.79 Å². The monoisotopic (exact) mass is 219 g/mol. The highest BCUT2D eigenvalue weighted by molar-refractivity contribution is 5.74. The van der Waals surface area contributed by atoms with Crippen LogP contribution in [0, 0.1) is 0 Å². The lowest BCUT2D eigenvalue weighted by Gasteiger charge is -2.21. The summed E-state index contributed by atoms with van der Waals surface area (Å²) >= 11 is 0. The van der Waals surface area contributed by atoms with Crippen LogP contribution in [0.3, 0.4) is 0 Å². The molecule has 0 spiro atoms. The average Bonchev–Trinajstić information content (AvgIpc) is 3.10. The number of benzene rings is 1. The molecule has 86 valence electrons. The predicted octanol–water partition coefficient (Wildman–Crippen LogP) is 2.21. The van der Waals surface area contributed by atoms with Gasteiger partial charge < -0.3 is 9.64 Å². The van der Waals surface area contributed by atoms with Gasteiger partial charge >= 0.3 is 0 Å². The van der Waals surface area contributed by atoms with Crippen LogP contribution in [0.5, 0.6) is 5.75 Å². The smallest absolute Gasteiger partial charge is 0.219 e. The van der Waals surface area contributed by atoms with Crippen molar-refractivity contribution in [1.82, 2.24) is 4.90 Å². The van der Waals surface area contributed by atoms with Crippen molar-refractivity contribution >= 4 is 5.91 Å². The molecular weight excluding hydrogens is 202 g/mol. The number of methoxy groups -OCH3 is 1. The number of para-hydroxylation sites is 1. The van der Waals surface area contributed by atoms with Crippen LogP contribution in [0.15, 0.2) is 24.3 Å². The van der Waals surface area contributed by atoms with E-state index in [2.05, 4.69) is 0 Å². The van der Waals surface area contributed by atoms with E-state index < -0.39 is 0 Å². The van der Waals surface area contributed by atoms with Crippen LogP contribution in [0.25, 0.3) is 0 Å². The first-order valence-electron chi connectivity index (χ1n) is 5.61. The van der Waals surface area contributed by atoms with E-state index in [1.54, 1.807) is 14.0 Å². The van der Waals surface area contributed by atoms with E-state index in [1.165, 1.54) is 0 Å². The Labute approximate surface area is 96.0 Å². The lowest BCUT2D eigenvalue weighted by atomic mass is 10.2. The highest BCUT2D eigenvalue weighted by Crippen LogP contribution is 2.30. The molecule has 0 bridgehead atoms. The summed E-state index contributed by atoms with van der Waals surface area (Å²) in [6, 6.07) is 8.31. The van der Waals surface area contributed by atoms with Gasteiger partial charge in [0.05, 0.1) is 7.11 Å². The normalized spacial score (nSPS) is 14.6. The fraction of sp³-hybridized carbons (Fsp3) is 0.462. The molecule has 0 atom stereocenters. The zero-order valence-corrected chi connectivity index (χ0v) is 9.77. The third kappa shape index (κ3) is 2.35. The van der Waals surface area contributed by atoms with Gasteiger partial charge in [0.15, 0.2) is 0 Å². The van der Waals surface area contributed by atoms with Crippen molar-refractivity contribution < 1.29 is 9.53 Å². The third-order valence-corrected chi connectivity index (χ3v) is 2.93. The lowest BCUT2D eigenvalue weighted by molar-refractivity contribution is -0.130. The van der Waals surface area contributed by atoms with Crippen LogP contribution in [0.4, 0.5) is 0 Å². The topological polar surface area (TPSA) is 29.5 Å². The van der Waals surface area contributed by atoms with E-state index >= 15 is 0 Å². The molecule has 1 aliphatic carbocycles. The molecule has 1 fully saturated rings. The molecule has 0 radical (unpaired) electrons. The Morgan fingerprint density at radius 3 is 2.69 bits per heavy atom. The van der Waals surface area contributed by atoms with Gasteiger partial charge in [0.2, 0.25) is 5.91 Å². The number of carbonyl (C=O) groups excluding carboxylic acids is 1. The molecule has 0 saturated heterocycles. The highest BCUT2D eigenvalue weighted by atomic mass is 16.5. The minimum Gasteiger partial charge on any atom is -0.496 e. The maximum Gasteiger partial charge on any atom is 0.219 e. The fourth-order valence-corrected chi connectivity index (χ4v) is 1.90. The molecule has 3 heteroatoms. The second-order valence-corrected chi connectivity index (χ2v) is 4.19. The van der Waals surface area contributed by atoms with Gasteiger partial charge in [-0.15, -0.1) is 0 Å². The van der Waals surface area contributed by atoms with E-state index in [0.29, 0.717) is 12.6 Å². The summed E-state index contributed by atoms with van der Waals surface area (Å²) in [6.45, 7) is 2.29. The summed E-state index contributed by atoms with van der Waals surface area (Å²) in [4.78, 5) is 13.4. The maximum atomic E-state index is 11.5. The molecule has 0 unspecified atom stereocenters. The second kappa shape index (κ2) is 4.56. The second-order valence-electron chi connectivity index (χ2n) is 4.19. The van der Waals surface area contributed by atoms with Crippen LogP contribution < -0.4 is 4.74 Å². The van der Waals surface area contributed by atoms with Gasteiger partial charge in [-0.1, -0.05) is 18.2 Å². The van der Waals surface area contributed by atoms with Crippen LogP contribution in [0.2, 0.25) is 0 Å². The van der Waals surface area contributed by atoms with Crippen molar-refractivity contribution in [2.45, 2.75) is 32.4 Å². The maximum absolute atomic E-state index is 11.5. The minimum atomic E-state index is 0.147. The number of hydrogen-bond acceptors (Lipinski definition) is 2. The van der Waals surface area contributed by atoms with Crippen LogP contribution in [0.1, 0.15) is 25.3 Å². The van der Waals surface area contributed by atoms with Crippen LogP contribution in [-0.4, -0.2) is 24.0 Å². The van der Waals surface area contributed by atoms with E-state index in [4.69, 9.17) is 4.74 Å². The summed E-state index contributed by atoms with van der Waals surface area (Å²) in [7, 11) is 1.66. The minimum absolute atomic E-state index is 0.147. The summed E-state index contributed by atoms with van der Waals surface area (Å²) in [5.74, 6) is 1.00. The molecule has 1 amide bonds. The highest BCUT2D eigenvalue weighted by Gasteiger charge is 2.31. The molecule has 1 aromatic carbocycles. The van der Waals surface area contributed by atoms with E-state index in [-0.39, 0.29) is 5.91 Å². The van der Waals surface area contributed by atoms with Crippen LogP contribution >= 0.6 is 0 Å². The Morgan fingerprint density at radius 2 is 2.12 bits per heavy atom. The Hall–Kier alpha value is -1.51. The summed E-state index contributed by atoms with van der Waals surface area (Å²) < 4.78 is 5.29. The van der Waals surface area contributed by atoms with Crippen molar-refractivity contribution in [1.29, 1.82) is 0 Å². The molecule has 0 aromatic heterocycles. The fourth-order valence-electron chi connectivity index (χ4n) is 1.90. The summed E-state index contributed by atoms with van der Waals surface area (Å²) in [5.41, 5.74) is 1.08. The largest absolute Gasteiger partial charge is 0.496 e. The number of ether oxygens (including phenoxy) is 1. The summed E-state index contributed by atoms with van der Waals surface area (Å²) in [5, 5.41) is 0. The molecule has 0 heterocycles. The first-order chi connectivity index (χ1) is 7.72. The molecular formula is C13H17NO2. The SMILES string of the molecule is COc1ccccc1CN(C(C)=O)C1CC1. The number of hydrogen-bond donors (Lipinski definition) is 0. The van der Waals surface area contributed by atoms with Gasteiger partial charge in [-0.25, -0.2) is 0 Å². The van der Waals surface area contributed by atoms with Gasteiger partial charge in [-0.3, -0.25) is 4.79 Å². The number of nitrogens with zero attached hydrogens (tertiary/aromatic N) is 1. The molecule has 1 aromatic rings. The van der Waals surface area contributed by atoms with Crippen molar-refractivity contribution in [2.24, 2.45) is 0 Å². The Kier molecular flexibility index (Phi) is 3.13. The number of rotatable bonds is 4. The third-order valence-electron chi connectivity index (χ3n) is 2.93. The van der Waals surface area contributed by atoms with Crippen molar-refractivity contribution in [3.05, 3.63) is 29.8 Å². The molecule has 16 heavy (non-hydrogen) atoms. The van der Waals surface area contributed by atoms with Gasteiger partial charge in [-0.2, -0.15) is 0 Å². The molecule has 1 saturated carbocycles.